The van der Waals surface area contributed by atoms with Crippen LogP contribution < -0.4 is 4.90 Å². The van der Waals surface area contributed by atoms with Gasteiger partial charge in [-0.05, 0) is 53.9 Å². The van der Waals surface area contributed by atoms with Crippen LogP contribution >= 0.6 is 22.9 Å². The van der Waals surface area contributed by atoms with E-state index in [9.17, 15) is 4.79 Å². The van der Waals surface area contributed by atoms with E-state index in [4.69, 9.17) is 11.6 Å². The van der Waals surface area contributed by atoms with Gasteiger partial charge >= 0.3 is 0 Å². The van der Waals surface area contributed by atoms with Crippen LogP contribution in [-0.4, -0.2) is 11.7 Å². The van der Waals surface area contributed by atoms with E-state index in [0.717, 1.165) is 16.1 Å². The number of amidine groups is 1. The molecule has 5 heteroatoms. The van der Waals surface area contributed by atoms with E-state index in [1.54, 1.807) is 28.4 Å². The Bertz CT molecular complexity index is 961. The molecule has 0 spiro atoms. The monoisotopic (exact) mass is 364 g/mol. The van der Waals surface area contributed by atoms with E-state index in [1.807, 2.05) is 66.1 Å². The number of anilines is 1. The molecule has 122 valence electrons. The molecule has 1 aliphatic heterocycles. The smallest absolute Gasteiger partial charge is 0.266 e. The van der Waals surface area contributed by atoms with Gasteiger partial charge in [-0.25, -0.2) is 4.99 Å². The first-order valence-electron chi connectivity index (χ1n) is 7.72. The summed E-state index contributed by atoms with van der Waals surface area (Å²) in [7, 11) is 0. The number of amides is 1. The number of para-hydroxylation sites is 1. The second-order valence-corrected chi connectivity index (χ2v) is 6.88. The van der Waals surface area contributed by atoms with Gasteiger partial charge < -0.3 is 0 Å². The van der Waals surface area contributed by atoms with E-state index in [0.29, 0.717) is 16.6 Å². The number of hydrogen-bond acceptors (Lipinski definition) is 3. The van der Waals surface area contributed by atoms with Gasteiger partial charge in [-0.15, -0.1) is 11.3 Å². The Kier molecular flexibility index (Phi) is 4.22. The summed E-state index contributed by atoms with van der Waals surface area (Å²) in [5, 5.41) is 2.62. The average Bonchev–Trinajstić information content (AvgIpc) is 3.25. The van der Waals surface area contributed by atoms with Gasteiger partial charge in [-0.1, -0.05) is 35.9 Å². The molecule has 0 fully saturated rings. The summed E-state index contributed by atoms with van der Waals surface area (Å²) in [6, 6.07) is 20.8. The molecule has 3 nitrogen and oxygen atoms in total. The maximum atomic E-state index is 13.0. The van der Waals surface area contributed by atoms with Crippen molar-refractivity contribution in [2.45, 2.75) is 0 Å². The highest BCUT2D eigenvalue weighted by atomic mass is 35.5. The molecule has 0 N–H and O–H groups in total. The Labute approximate surface area is 154 Å². The molecule has 2 aromatic carbocycles. The summed E-state index contributed by atoms with van der Waals surface area (Å²) >= 11 is 7.57. The maximum Gasteiger partial charge on any atom is 0.282 e. The number of rotatable bonds is 3. The summed E-state index contributed by atoms with van der Waals surface area (Å²) < 4.78 is 0. The SMILES string of the molecule is O=C1/C(=C\c2cccs2)N=C(c2ccc(Cl)cc2)N1c1ccccc1. The van der Waals surface area contributed by atoms with Crippen molar-refractivity contribution in [1.29, 1.82) is 0 Å². The van der Waals surface area contributed by atoms with Gasteiger partial charge in [-0.2, -0.15) is 0 Å². The first-order chi connectivity index (χ1) is 12.2. The molecule has 3 aromatic rings. The van der Waals surface area contributed by atoms with Crippen LogP contribution in [-0.2, 0) is 4.79 Å². The standard InChI is InChI=1S/C20H13ClN2OS/c21-15-10-8-14(9-11-15)19-22-18(13-17-7-4-12-25-17)20(24)23(19)16-5-2-1-3-6-16/h1-13H/b18-13+. The first kappa shape index (κ1) is 15.8. The maximum absolute atomic E-state index is 13.0. The lowest BCUT2D eigenvalue weighted by Gasteiger charge is -2.18. The average molecular weight is 365 g/mol. The van der Waals surface area contributed by atoms with Crippen LogP contribution in [0.2, 0.25) is 5.02 Å². The van der Waals surface area contributed by atoms with Crippen molar-refractivity contribution in [1.82, 2.24) is 0 Å². The van der Waals surface area contributed by atoms with Gasteiger partial charge in [0.1, 0.15) is 11.5 Å². The quantitative estimate of drug-likeness (QED) is 0.585. The topological polar surface area (TPSA) is 32.7 Å². The summed E-state index contributed by atoms with van der Waals surface area (Å²) in [6.45, 7) is 0. The number of carbonyl (C=O) groups excluding carboxylic acids is 1. The fourth-order valence-electron chi connectivity index (χ4n) is 2.63. The number of nitrogens with zero attached hydrogens (tertiary/aromatic N) is 2. The molecule has 2 heterocycles. The molecule has 0 bridgehead atoms. The van der Waals surface area contributed by atoms with Crippen LogP contribution in [0, 0.1) is 0 Å². The van der Waals surface area contributed by atoms with Crippen LogP contribution in [0.1, 0.15) is 10.4 Å². The van der Waals surface area contributed by atoms with Crippen molar-refractivity contribution in [2.24, 2.45) is 4.99 Å². The molecule has 0 radical (unpaired) electrons. The molecule has 0 unspecified atom stereocenters. The molecule has 0 saturated carbocycles. The van der Waals surface area contributed by atoms with E-state index < -0.39 is 0 Å². The fraction of sp³-hybridized carbons (Fsp3) is 0. The predicted molar refractivity (Wildman–Crippen MR) is 104 cm³/mol. The van der Waals surface area contributed by atoms with Crippen molar-refractivity contribution in [3.05, 3.63) is 93.3 Å². The lowest BCUT2D eigenvalue weighted by atomic mass is 10.2. The highest BCUT2D eigenvalue weighted by Gasteiger charge is 2.32. The Morgan fingerprint density at radius 1 is 0.960 bits per heavy atom. The van der Waals surface area contributed by atoms with E-state index in [-0.39, 0.29) is 5.91 Å². The number of carbonyl (C=O) groups is 1. The molecule has 0 saturated heterocycles. The van der Waals surface area contributed by atoms with Crippen LogP contribution in [0.3, 0.4) is 0 Å². The molecular formula is C20H13ClN2OS. The highest BCUT2D eigenvalue weighted by molar-refractivity contribution is 7.10. The Morgan fingerprint density at radius 2 is 1.72 bits per heavy atom. The second kappa shape index (κ2) is 6.67. The lowest BCUT2D eigenvalue weighted by molar-refractivity contribution is -0.113. The van der Waals surface area contributed by atoms with E-state index >= 15 is 0 Å². The van der Waals surface area contributed by atoms with Crippen molar-refractivity contribution >= 4 is 46.4 Å². The van der Waals surface area contributed by atoms with E-state index in [1.165, 1.54) is 0 Å². The Balaban J connectivity index is 1.83. The molecule has 1 amide bonds. The van der Waals surface area contributed by atoms with Crippen molar-refractivity contribution < 1.29 is 4.79 Å². The van der Waals surface area contributed by atoms with Gasteiger partial charge in [-0.3, -0.25) is 9.69 Å². The largest absolute Gasteiger partial charge is 0.282 e. The molecule has 0 atom stereocenters. The summed E-state index contributed by atoms with van der Waals surface area (Å²) in [5.41, 5.74) is 2.06. The zero-order valence-corrected chi connectivity index (χ0v) is 14.7. The van der Waals surface area contributed by atoms with Crippen molar-refractivity contribution in [3.8, 4) is 0 Å². The molecule has 1 aliphatic rings. The minimum Gasteiger partial charge on any atom is -0.266 e. The molecule has 4 rings (SSSR count). The number of aliphatic imine (C=N–C) groups is 1. The normalized spacial score (nSPS) is 15.7. The highest BCUT2D eigenvalue weighted by Crippen LogP contribution is 2.28. The van der Waals surface area contributed by atoms with Gasteiger partial charge in [0, 0.05) is 15.5 Å². The third kappa shape index (κ3) is 3.14. The second-order valence-electron chi connectivity index (χ2n) is 5.46. The summed E-state index contributed by atoms with van der Waals surface area (Å²) in [5.74, 6) is 0.472. The number of benzene rings is 2. The minimum absolute atomic E-state index is 0.135. The third-order valence-electron chi connectivity index (χ3n) is 3.80. The number of halogens is 1. The number of hydrogen-bond donors (Lipinski definition) is 0. The molecule has 1 aromatic heterocycles. The fourth-order valence-corrected chi connectivity index (χ4v) is 3.41. The zero-order chi connectivity index (χ0) is 17.2. The van der Waals surface area contributed by atoms with Gasteiger partial charge in [0.25, 0.3) is 5.91 Å². The van der Waals surface area contributed by atoms with Crippen LogP contribution in [0.15, 0.2) is 82.8 Å². The van der Waals surface area contributed by atoms with Gasteiger partial charge in [0.2, 0.25) is 0 Å². The van der Waals surface area contributed by atoms with Crippen molar-refractivity contribution in [3.63, 3.8) is 0 Å². The summed E-state index contributed by atoms with van der Waals surface area (Å²) in [6.07, 6.45) is 1.83. The zero-order valence-electron chi connectivity index (χ0n) is 13.1. The Hall–Kier alpha value is -2.69. The molecular weight excluding hydrogens is 352 g/mol. The van der Waals surface area contributed by atoms with Crippen molar-refractivity contribution in [2.75, 3.05) is 4.90 Å². The van der Waals surface area contributed by atoms with E-state index in [2.05, 4.69) is 4.99 Å². The van der Waals surface area contributed by atoms with Gasteiger partial charge in [0.05, 0.1) is 5.69 Å². The number of thiophene rings is 1. The minimum atomic E-state index is -0.135. The van der Waals surface area contributed by atoms with Crippen LogP contribution in [0.5, 0.6) is 0 Å². The Morgan fingerprint density at radius 3 is 2.40 bits per heavy atom. The van der Waals surface area contributed by atoms with Crippen LogP contribution in [0.4, 0.5) is 5.69 Å². The lowest BCUT2D eigenvalue weighted by Crippen LogP contribution is -2.32. The molecule has 0 aliphatic carbocycles. The van der Waals surface area contributed by atoms with Crippen LogP contribution in [0.25, 0.3) is 6.08 Å². The molecule has 25 heavy (non-hydrogen) atoms. The summed E-state index contributed by atoms with van der Waals surface area (Å²) in [4.78, 5) is 20.3. The van der Waals surface area contributed by atoms with Gasteiger partial charge in [0.15, 0.2) is 0 Å². The third-order valence-corrected chi connectivity index (χ3v) is 4.87. The predicted octanol–water partition coefficient (Wildman–Crippen LogP) is 5.24. The first-order valence-corrected chi connectivity index (χ1v) is 8.97.